The second-order valence-electron chi connectivity index (χ2n) is 6.06. The summed E-state index contributed by atoms with van der Waals surface area (Å²) < 4.78 is 0. The highest BCUT2D eigenvalue weighted by atomic mass is 15.1. The Morgan fingerprint density at radius 2 is 1.50 bits per heavy atom. The summed E-state index contributed by atoms with van der Waals surface area (Å²) >= 11 is 0. The Kier molecular flexibility index (Phi) is 8.04. The summed E-state index contributed by atoms with van der Waals surface area (Å²) in [4.78, 5) is 2.33. The van der Waals surface area contributed by atoms with Crippen LogP contribution in [-0.2, 0) is 0 Å². The molecule has 16 heavy (non-hydrogen) atoms. The summed E-state index contributed by atoms with van der Waals surface area (Å²) in [7, 11) is 4.34. The molecule has 1 N–H and O–H groups in total. The normalized spacial score (nSPS) is 16.1. The Morgan fingerprint density at radius 3 is 1.88 bits per heavy atom. The van der Waals surface area contributed by atoms with Crippen LogP contribution in [0.3, 0.4) is 0 Å². The molecule has 0 aliphatic rings. The lowest BCUT2D eigenvalue weighted by atomic mass is 10.0. The van der Waals surface area contributed by atoms with Gasteiger partial charge in [-0.2, -0.15) is 0 Å². The van der Waals surface area contributed by atoms with E-state index in [9.17, 15) is 0 Å². The van der Waals surface area contributed by atoms with Gasteiger partial charge in [0, 0.05) is 18.6 Å². The fourth-order valence-corrected chi connectivity index (χ4v) is 2.02. The van der Waals surface area contributed by atoms with Gasteiger partial charge < -0.3 is 10.2 Å². The van der Waals surface area contributed by atoms with Gasteiger partial charge in [0.2, 0.25) is 0 Å². The lowest BCUT2D eigenvalue weighted by Crippen LogP contribution is -2.44. The van der Waals surface area contributed by atoms with Crippen LogP contribution in [0.1, 0.15) is 47.5 Å². The van der Waals surface area contributed by atoms with E-state index >= 15 is 0 Å². The zero-order valence-electron chi connectivity index (χ0n) is 12.4. The van der Waals surface area contributed by atoms with Crippen molar-refractivity contribution < 1.29 is 0 Å². The van der Waals surface area contributed by atoms with Crippen molar-refractivity contribution >= 4 is 0 Å². The SMILES string of the molecule is CC(C)CCC(C)NCC(C(C)C)N(C)C. The van der Waals surface area contributed by atoms with Gasteiger partial charge >= 0.3 is 0 Å². The molecular formula is C14H32N2. The number of likely N-dealkylation sites (N-methyl/N-ethyl adjacent to an activating group) is 1. The zero-order chi connectivity index (χ0) is 12.7. The van der Waals surface area contributed by atoms with Gasteiger partial charge in [0.15, 0.2) is 0 Å². The first-order valence-electron chi connectivity index (χ1n) is 6.74. The molecule has 0 spiro atoms. The molecule has 0 fully saturated rings. The van der Waals surface area contributed by atoms with E-state index in [-0.39, 0.29) is 0 Å². The average Bonchev–Trinajstić information content (AvgIpc) is 2.13. The molecule has 2 unspecified atom stereocenters. The van der Waals surface area contributed by atoms with Gasteiger partial charge in [0.1, 0.15) is 0 Å². The van der Waals surface area contributed by atoms with E-state index in [2.05, 4.69) is 58.9 Å². The second-order valence-corrected chi connectivity index (χ2v) is 6.06. The Morgan fingerprint density at radius 1 is 0.938 bits per heavy atom. The van der Waals surface area contributed by atoms with Gasteiger partial charge in [-0.25, -0.2) is 0 Å². The standard InChI is InChI=1S/C14H32N2/c1-11(2)8-9-13(5)15-10-14(12(3)4)16(6)7/h11-15H,8-10H2,1-7H3. The van der Waals surface area contributed by atoms with E-state index in [0.29, 0.717) is 18.0 Å². The van der Waals surface area contributed by atoms with Crippen molar-refractivity contribution in [2.45, 2.75) is 59.5 Å². The summed E-state index contributed by atoms with van der Waals surface area (Å²) in [6, 6.07) is 1.28. The molecule has 0 aliphatic heterocycles. The van der Waals surface area contributed by atoms with Crippen LogP contribution in [0.15, 0.2) is 0 Å². The molecule has 0 rings (SSSR count). The lowest BCUT2D eigenvalue weighted by molar-refractivity contribution is 0.218. The molecule has 2 nitrogen and oxygen atoms in total. The minimum absolute atomic E-state index is 0.640. The van der Waals surface area contributed by atoms with Crippen molar-refractivity contribution in [1.82, 2.24) is 10.2 Å². The second kappa shape index (κ2) is 8.08. The number of nitrogens with one attached hydrogen (secondary N) is 1. The molecule has 0 saturated carbocycles. The fourth-order valence-electron chi connectivity index (χ4n) is 2.02. The van der Waals surface area contributed by atoms with Gasteiger partial charge in [0.25, 0.3) is 0 Å². The maximum atomic E-state index is 3.66. The number of hydrogen-bond donors (Lipinski definition) is 1. The predicted molar refractivity (Wildman–Crippen MR) is 73.8 cm³/mol. The molecule has 2 atom stereocenters. The summed E-state index contributed by atoms with van der Waals surface area (Å²) in [5.74, 6) is 1.53. The van der Waals surface area contributed by atoms with Crippen LogP contribution in [0.25, 0.3) is 0 Å². The monoisotopic (exact) mass is 228 g/mol. The Labute approximate surface area is 103 Å². The van der Waals surface area contributed by atoms with E-state index in [4.69, 9.17) is 0 Å². The topological polar surface area (TPSA) is 15.3 Å². The zero-order valence-corrected chi connectivity index (χ0v) is 12.4. The van der Waals surface area contributed by atoms with Crippen LogP contribution in [0, 0.1) is 11.8 Å². The van der Waals surface area contributed by atoms with Gasteiger partial charge in [-0.3, -0.25) is 0 Å². The van der Waals surface area contributed by atoms with Crippen LogP contribution < -0.4 is 5.32 Å². The quantitative estimate of drug-likeness (QED) is 0.687. The van der Waals surface area contributed by atoms with Crippen molar-refractivity contribution in [1.29, 1.82) is 0 Å². The Bertz CT molecular complexity index is 156. The largest absolute Gasteiger partial charge is 0.313 e. The molecule has 0 amide bonds. The molecule has 0 heterocycles. The highest BCUT2D eigenvalue weighted by Gasteiger charge is 2.16. The van der Waals surface area contributed by atoms with E-state index in [1.165, 1.54) is 12.8 Å². The van der Waals surface area contributed by atoms with E-state index in [1.807, 2.05) is 0 Å². The third-order valence-corrected chi connectivity index (χ3v) is 3.29. The fraction of sp³-hybridized carbons (Fsp3) is 1.00. The molecule has 0 aromatic rings. The molecule has 0 bridgehead atoms. The number of hydrogen-bond acceptors (Lipinski definition) is 2. The third-order valence-electron chi connectivity index (χ3n) is 3.29. The van der Waals surface area contributed by atoms with Gasteiger partial charge in [-0.05, 0) is 45.7 Å². The minimum Gasteiger partial charge on any atom is -0.313 e. The first-order valence-corrected chi connectivity index (χ1v) is 6.74. The molecule has 2 heteroatoms. The summed E-state index contributed by atoms with van der Waals surface area (Å²) in [5.41, 5.74) is 0. The highest BCUT2D eigenvalue weighted by Crippen LogP contribution is 2.09. The van der Waals surface area contributed by atoms with Crippen LogP contribution in [-0.4, -0.2) is 37.6 Å². The molecule has 0 aliphatic carbocycles. The van der Waals surface area contributed by atoms with Crippen molar-refractivity contribution in [3.63, 3.8) is 0 Å². The van der Waals surface area contributed by atoms with Gasteiger partial charge in [-0.15, -0.1) is 0 Å². The molecule has 0 aromatic carbocycles. The molecule has 0 saturated heterocycles. The Hall–Kier alpha value is -0.0800. The van der Waals surface area contributed by atoms with E-state index in [1.54, 1.807) is 0 Å². The van der Waals surface area contributed by atoms with Crippen molar-refractivity contribution in [3.05, 3.63) is 0 Å². The maximum Gasteiger partial charge on any atom is 0.0237 e. The average molecular weight is 228 g/mol. The van der Waals surface area contributed by atoms with Gasteiger partial charge in [-0.1, -0.05) is 27.7 Å². The first-order chi connectivity index (χ1) is 7.34. The van der Waals surface area contributed by atoms with Crippen LogP contribution in [0.4, 0.5) is 0 Å². The molecule has 0 radical (unpaired) electrons. The molecule has 98 valence electrons. The third kappa shape index (κ3) is 7.24. The molecular weight excluding hydrogens is 196 g/mol. The Balaban J connectivity index is 3.83. The molecule has 0 aromatic heterocycles. The summed E-state index contributed by atoms with van der Waals surface area (Å²) in [6.45, 7) is 12.6. The van der Waals surface area contributed by atoms with E-state index < -0.39 is 0 Å². The van der Waals surface area contributed by atoms with Crippen LogP contribution in [0.2, 0.25) is 0 Å². The first kappa shape index (κ1) is 15.9. The van der Waals surface area contributed by atoms with Crippen molar-refractivity contribution in [2.75, 3.05) is 20.6 Å². The lowest BCUT2D eigenvalue weighted by Gasteiger charge is -2.29. The van der Waals surface area contributed by atoms with Crippen LogP contribution in [0.5, 0.6) is 0 Å². The smallest absolute Gasteiger partial charge is 0.0237 e. The predicted octanol–water partition coefficient (Wildman–Crippen LogP) is 2.99. The van der Waals surface area contributed by atoms with Crippen molar-refractivity contribution in [3.8, 4) is 0 Å². The van der Waals surface area contributed by atoms with E-state index in [0.717, 1.165) is 12.5 Å². The maximum absolute atomic E-state index is 3.66. The van der Waals surface area contributed by atoms with Crippen molar-refractivity contribution in [2.24, 2.45) is 11.8 Å². The summed E-state index contributed by atoms with van der Waals surface area (Å²) in [6.07, 6.45) is 2.61. The van der Waals surface area contributed by atoms with Crippen LogP contribution >= 0.6 is 0 Å². The summed E-state index contributed by atoms with van der Waals surface area (Å²) in [5, 5.41) is 3.66. The van der Waals surface area contributed by atoms with Gasteiger partial charge in [0.05, 0.1) is 0 Å². The minimum atomic E-state index is 0.640. The highest BCUT2D eigenvalue weighted by molar-refractivity contribution is 4.74. The number of nitrogens with zero attached hydrogens (tertiary/aromatic N) is 1. The number of rotatable bonds is 8.